The molecule has 41 heavy (non-hydrogen) atoms. The van der Waals surface area contributed by atoms with E-state index >= 15 is 0 Å². The molecule has 1 aliphatic rings. The van der Waals surface area contributed by atoms with Gasteiger partial charge in [-0.3, -0.25) is 9.59 Å². The van der Waals surface area contributed by atoms with E-state index in [9.17, 15) is 18.0 Å². The molecule has 2 amide bonds. The Morgan fingerprint density at radius 2 is 1.71 bits per heavy atom. The molecule has 1 fully saturated rings. The summed E-state index contributed by atoms with van der Waals surface area (Å²) < 4.78 is 38.0. The van der Waals surface area contributed by atoms with Crippen molar-refractivity contribution in [3.05, 3.63) is 94.0 Å². The van der Waals surface area contributed by atoms with Crippen LogP contribution in [0.25, 0.3) is 0 Å². The maximum Gasteiger partial charge on any atom is 0.261 e. The van der Waals surface area contributed by atoms with Gasteiger partial charge in [0.1, 0.15) is 11.8 Å². The lowest BCUT2D eigenvalue weighted by molar-refractivity contribution is -0.142. The van der Waals surface area contributed by atoms with E-state index in [2.05, 4.69) is 5.32 Å². The van der Waals surface area contributed by atoms with E-state index in [0.717, 1.165) is 5.56 Å². The summed E-state index contributed by atoms with van der Waals surface area (Å²) in [7, 11) is -3.65. The Hall–Kier alpha value is -3.15. The molecule has 1 aliphatic heterocycles. The van der Waals surface area contributed by atoms with Gasteiger partial charge in [0.05, 0.1) is 18.1 Å². The van der Waals surface area contributed by atoms with Gasteiger partial charge in [-0.05, 0) is 54.4 Å². The molecule has 1 N–H and O–H groups in total. The Morgan fingerprint density at radius 3 is 2.37 bits per heavy atom. The molecule has 3 aromatic carbocycles. The number of carbonyl (C=O) groups is 2. The van der Waals surface area contributed by atoms with Crippen LogP contribution < -0.4 is 10.1 Å². The second kappa shape index (κ2) is 14.2. The van der Waals surface area contributed by atoms with Crippen LogP contribution in [-0.2, 0) is 37.4 Å². The lowest BCUT2D eigenvalue weighted by Crippen LogP contribution is -2.48. The number of sulfonamides is 1. The van der Waals surface area contributed by atoms with E-state index in [1.165, 1.54) is 33.5 Å². The number of halogens is 2. The monoisotopic (exact) mass is 619 g/mol. The van der Waals surface area contributed by atoms with Crippen LogP contribution in [0, 0.1) is 0 Å². The third kappa shape index (κ3) is 8.21. The average molecular weight is 621 g/mol. The maximum absolute atomic E-state index is 13.3. The van der Waals surface area contributed by atoms with Crippen molar-refractivity contribution in [2.45, 2.75) is 31.0 Å². The van der Waals surface area contributed by atoms with Crippen molar-refractivity contribution in [1.82, 2.24) is 14.5 Å². The Labute approximate surface area is 250 Å². The highest BCUT2D eigenvalue weighted by atomic mass is 35.5. The normalized spacial score (nSPS) is 14.7. The second-order valence-electron chi connectivity index (χ2n) is 9.41. The van der Waals surface area contributed by atoms with E-state index < -0.39 is 22.0 Å². The molecule has 0 radical (unpaired) electrons. The fraction of sp³-hybridized carbons (Fsp3) is 0.310. The number of carbonyl (C=O) groups excluding carboxylic acids is 2. The third-order valence-corrected chi connectivity index (χ3v) is 9.12. The minimum Gasteiger partial charge on any atom is -0.484 e. The zero-order valence-electron chi connectivity index (χ0n) is 22.5. The molecule has 9 nitrogen and oxygen atoms in total. The summed E-state index contributed by atoms with van der Waals surface area (Å²) in [5.74, 6) is -0.447. The van der Waals surface area contributed by atoms with Crippen molar-refractivity contribution in [1.29, 1.82) is 0 Å². The Bertz CT molecular complexity index is 1450. The number of morpholine rings is 1. The predicted octanol–water partition coefficient (Wildman–Crippen LogP) is 4.13. The minimum atomic E-state index is -3.65. The molecule has 1 atom stereocenters. The van der Waals surface area contributed by atoms with Crippen LogP contribution in [0.1, 0.15) is 18.1 Å². The van der Waals surface area contributed by atoms with Gasteiger partial charge in [0.2, 0.25) is 15.9 Å². The van der Waals surface area contributed by atoms with Crippen molar-refractivity contribution in [3.63, 3.8) is 0 Å². The number of ether oxygens (including phenoxy) is 2. The lowest BCUT2D eigenvalue weighted by Gasteiger charge is -2.29. The predicted molar refractivity (Wildman–Crippen MR) is 156 cm³/mol. The Morgan fingerprint density at radius 1 is 1.02 bits per heavy atom. The van der Waals surface area contributed by atoms with Crippen LogP contribution in [0.5, 0.6) is 5.75 Å². The average Bonchev–Trinajstić information content (AvgIpc) is 2.99. The van der Waals surface area contributed by atoms with Crippen LogP contribution in [0.15, 0.2) is 77.7 Å². The number of nitrogens with zero attached hydrogens (tertiary/aromatic N) is 2. The molecule has 0 saturated carbocycles. The molecule has 0 bridgehead atoms. The maximum atomic E-state index is 13.3. The van der Waals surface area contributed by atoms with Crippen molar-refractivity contribution in [3.8, 4) is 5.75 Å². The summed E-state index contributed by atoms with van der Waals surface area (Å²) in [6.45, 7) is 2.96. The molecule has 3 aromatic rings. The van der Waals surface area contributed by atoms with Crippen LogP contribution in [0.2, 0.25) is 10.0 Å². The molecule has 0 unspecified atom stereocenters. The second-order valence-corrected chi connectivity index (χ2v) is 12.2. The summed E-state index contributed by atoms with van der Waals surface area (Å²) in [5, 5.41) is 3.75. The van der Waals surface area contributed by atoms with Crippen LogP contribution in [0.3, 0.4) is 0 Å². The Kier molecular flexibility index (Phi) is 10.6. The number of rotatable bonds is 11. The van der Waals surface area contributed by atoms with Gasteiger partial charge in [-0.15, -0.1) is 0 Å². The van der Waals surface area contributed by atoms with Crippen LogP contribution in [0.4, 0.5) is 0 Å². The number of benzene rings is 3. The molecule has 0 aliphatic carbocycles. The number of hydrogen-bond acceptors (Lipinski definition) is 6. The lowest BCUT2D eigenvalue weighted by atomic mass is 10.1. The molecular weight excluding hydrogens is 589 g/mol. The highest BCUT2D eigenvalue weighted by Crippen LogP contribution is 2.22. The third-order valence-electron chi connectivity index (χ3n) is 6.63. The summed E-state index contributed by atoms with van der Waals surface area (Å²) in [6.07, 6.45) is 0. The zero-order chi connectivity index (χ0) is 29.4. The van der Waals surface area contributed by atoms with E-state index in [1.807, 2.05) is 30.3 Å². The van der Waals surface area contributed by atoms with Gasteiger partial charge in [-0.2, -0.15) is 4.31 Å². The van der Waals surface area contributed by atoms with E-state index in [1.54, 1.807) is 25.1 Å². The fourth-order valence-corrected chi connectivity index (χ4v) is 6.11. The molecular formula is C29H31Cl2N3O6S. The van der Waals surface area contributed by atoms with Crippen molar-refractivity contribution < 1.29 is 27.5 Å². The first kappa shape index (κ1) is 30.8. The van der Waals surface area contributed by atoms with Gasteiger partial charge in [0.25, 0.3) is 5.91 Å². The van der Waals surface area contributed by atoms with Gasteiger partial charge in [-0.1, -0.05) is 59.6 Å². The number of hydrogen-bond donors (Lipinski definition) is 1. The van der Waals surface area contributed by atoms with E-state index in [0.29, 0.717) is 47.7 Å². The van der Waals surface area contributed by atoms with Gasteiger partial charge in [0, 0.05) is 36.2 Å². The standard InChI is InChI=1S/C29H31Cl2N3O6S/c1-21(29(36)32-18-23-7-8-24(30)17-27(23)31)34(19-22-5-3-2-4-6-22)28(35)20-40-25-9-11-26(12-10-25)41(37,38)33-13-15-39-16-14-33/h2-12,17,21H,13-16,18-20H2,1H3,(H,32,36)/t21-/m1/s1. The largest absolute Gasteiger partial charge is 0.484 e. The molecule has 4 rings (SSSR count). The topological polar surface area (TPSA) is 105 Å². The highest BCUT2D eigenvalue weighted by Gasteiger charge is 2.28. The van der Waals surface area contributed by atoms with E-state index in [4.69, 9.17) is 32.7 Å². The van der Waals surface area contributed by atoms with Crippen LogP contribution in [-0.4, -0.2) is 68.4 Å². The van der Waals surface area contributed by atoms with Crippen molar-refractivity contribution in [2.75, 3.05) is 32.9 Å². The molecule has 12 heteroatoms. The minimum absolute atomic E-state index is 0.134. The summed E-state index contributed by atoms with van der Waals surface area (Å²) >= 11 is 12.2. The SMILES string of the molecule is C[C@H](C(=O)NCc1ccc(Cl)cc1Cl)N(Cc1ccccc1)C(=O)COc1ccc(S(=O)(=O)N2CCOCC2)cc1. The highest BCUT2D eigenvalue weighted by molar-refractivity contribution is 7.89. The molecule has 1 saturated heterocycles. The van der Waals surface area contributed by atoms with Gasteiger partial charge in [0.15, 0.2) is 6.61 Å². The van der Waals surface area contributed by atoms with Crippen molar-refractivity contribution in [2.24, 2.45) is 0 Å². The molecule has 0 spiro atoms. The van der Waals surface area contributed by atoms with Gasteiger partial charge < -0.3 is 19.7 Å². The molecule has 218 valence electrons. The number of nitrogens with one attached hydrogen (secondary N) is 1. The van der Waals surface area contributed by atoms with Gasteiger partial charge in [-0.25, -0.2) is 8.42 Å². The summed E-state index contributed by atoms with van der Waals surface area (Å²) in [4.78, 5) is 28.0. The number of amides is 2. The smallest absolute Gasteiger partial charge is 0.261 e. The van der Waals surface area contributed by atoms with Crippen molar-refractivity contribution >= 4 is 45.0 Å². The van der Waals surface area contributed by atoms with Gasteiger partial charge >= 0.3 is 0 Å². The molecule has 0 aromatic heterocycles. The zero-order valence-corrected chi connectivity index (χ0v) is 24.8. The first-order valence-electron chi connectivity index (χ1n) is 13.0. The Balaban J connectivity index is 1.41. The fourth-order valence-electron chi connectivity index (χ4n) is 4.23. The first-order valence-corrected chi connectivity index (χ1v) is 15.2. The summed E-state index contributed by atoms with van der Waals surface area (Å²) in [6, 6.07) is 19.4. The molecule has 1 heterocycles. The first-order chi connectivity index (χ1) is 19.6. The summed E-state index contributed by atoms with van der Waals surface area (Å²) in [5.41, 5.74) is 1.54. The van der Waals surface area contributed by atoms with Crippen LogP contribution >= 0.6 is 23.2 Å². The quantitative estimate of drug-likeness (QED) is 0.346. The van der Waals surface area contributed by atoms with E-state index in [-0.39, 0.29) is 30.5 Å².